The van der Waals surface area contributed by atoms with Crippen LogP contribution in [0.3, 0.4) is 0 Å². The number of hydrogen-bond acceptors (Lipinski definition) is 4. The van der Waals surface area contributed by atoms with E-state index >= 15 is 0 Å². The zero-order valence-electron chi connectivity index (χ0n) is 12.1. The highest BCUT2D eigenvalue weighted by molar-refractivity contribution is 6.00. The quantitative estimate of drug-likeness (QED) is 0.724. The van der Waals surface area contributed by atoms with Crippen LogP contribution in [0.25, 0.3) is 22.0 Å². The average Bonchev–Trinajstić information content (AvgIpc) is 2.81. The van der Waals surface area contributed by atoms with Gasteiger partial charge in [0, 0.05) is 6.42 Å². The first kappa shape index (κ1) is 13.3. The number of anilines is 1. The van der Waals surface area contributed by atoms with Gasteiger partial charge in [0.05, 0.1) is 12.7 Å². The Bertz CT molecular complexity index is 807. The van der Waals surface area contributed by atoms with Gasteiger partial charge in [-0.25, -0.2) is 9.66 Å². The zero-order valence-corrected chi connectivity index (χ0v) is 12.1. The first-order chi connectivity index (χ1) is 10.2. The highest BCUT2D eigenvalue weighted by Gasteiger charge is 2.19. The van der Waals surface area contributed by atoms with Crippen molar-refractivity contribution >= 4 is 16.6 Å². The standard InChI is InChI=1S/C16H18N4O/c1-3-13-19-15(16(17)20(13)18)14-11-7-5-4-6-10(11)8-9-12(14)21-2/h4-9H,3,17-18H2,1-2H3. The normalized spacial score (nSPS) is 11.0. The minimum atomic E-state index is 0.446. The lowest BCUT2D eigenvalue weighted by molar-refractivity contribution is 0.417. The first-order valence-electron chi connectivity index (χ1n) is 6.85. The smallest absolute Gasteiger partial charge is 0.151 e. The third-order valence-electron chi connectivity index (χ3n) is 3.68. The van der Waals surface area contributed by atoms with Gasteiger partial charge >= 0.3 is 0 Å². The van der Waals surface area contributed by atoms with E-state index in [1.807, 2.05) is 37.3 Å². The molecule has 0 aliphatic heterocycles. The van der Waals surface area contributed by atoms with Crippen molar-refractivity contribution in [3.05, 3.63) is 42.2 Å². The highest BCUT2D eigenvalue weighted by atomic mass is 16.5. The van der Waals surface area contributed by atoms with Gasteiger partial charge in [0.2, 0.25) is 0 Å². The number of rotatable bonds is 3. The molecule has 0 spiro atoms. The number of imidazole rings is 1. The van der Waals surface area contributed by atoms with Gasteiger partial charge in [-0.2, -0.15) is 0 Å². The van der Waals surface area contributed by atoms with E-state index in [1.165, 1.54) is 4.68 Å². The SMILES string of the molecule is CCc1nc(-c2c(OC)ccc3ccccc23)c(N)n1N. The topological polar surface area (TPSA) is 79.1 Å². The van der Waals surface area contributed by atoms with Crippen molar-refractivity contribution in [2.24, 2.45) is 0 Å². The molecular formula is C16H18N4O. The van der Waals surface area contributed by atoms with Crippen molar-refractivity contribution in [1.29, 1.82) is 0 Å². The van der Waals surface area contributed by atoms with Crippen LogP contribution in [-0.4, -0.2) is 16.8 Å². The number of nitrogens with two attached hydrogens (primary N) is 2. The van der Waals surface area contributed by atoms with Crippen LogP contribution in [-0.2, 0) is 6.42 Å². The molecule has 21 heavy (non-hydrogen) atoms. The predicted molar refractivity (Wildman–Crippen MR) is 85.7 cm³/mol. The number of methoxy groups -OCH3 is 1. The predicted octanol–water partition coefficient (Wildman–Crippen LogP) is 2.57. The zero-order chi connectivity index (χ0) is 15.0. The molecule has 0 aliphatic rings. The summed E-state index contributed by atoms with van der Waals surface area (Å²) in [5.41, 5.74) is 7.70. The molecule has 2 aromatic carbocycles. The summed E-state index contributed by atoms with van der Waals surface area (Å²) in [5.74, 6) is 7.91. The molecule has 0 amide bonds. The molecule has 3 rings (SSSR count). The van der Waals surface area contributed by atoms with Crippen LogP contribution in [0.2, 0.25) is 0 Å². The molecule has 0 aliphatic carbocycles. The molecule has 0 radical (unpaired) electrons. The van der Waals surface area contributed by atoms with Crippen LogP contribution in [0, 0.1) is 0 Å². The van der Waals surface area contributed by atoms with Gasteiger partial charge in [0.15, 0.2) is 5.82 Å². The van der Waals surface area contributed by atoms with Crippen molar-refractivity contribution in [1.82, 2.24) is 9.66 Å². The van der Waals surface area contributed by atoms with Crippen molar-refractivity contribution in [2.75, 3.05) is 18.7 Å². The summed E-state index contributed by atoms with van der Waals surface area (Å²) in [5, 5.41) is 2.15. The maximum absolute atomic E-state index is 6.15. The van der Waals surface area contributed by atoms with Crippen molar-refractivity contribution < 1.29 is 4.74 Å². The minimum Gasteiger partial charge on any atom is -0.496 e. The van der Waals surface area contributed by atoms with Crippen LogP contribution in [0.5, 0.6) is 5.75 Å². The van der Waals surface area contributed by atoms with Gasteiger partial charge in [-0.3, -0.25) is 0 Å². The second-order valence-corrected chi connectivity index (χ2v) is 4.85. The fourth-order valence-corrected chi connectivity index (χ4v) is 2.59. The molecule has 0 bridgehead atoms. The molecule has 5 nitrogen and oxygen atoms in total. The summed E-state index contributed by atoms with van der Waals surface area (Å²) in [4.78, 5) is 4.59. The molecule has 1 aromatic heterocycles. The number of ether oxygens (including phenoxy) is 1. The van der Waals surface area contributed by atoms with E-state index in [1.54, 1.807) is 7.11 Å². The van der Waals surface area contributed by atoms with Gasteiger partial charge < -0.3 is 16.3 Å². The minimum absolute atomic E-state index is 0.446. The molecule has 0 saturated heterocycles. The van der Waals surface area contributed by atoms with Gasteiger partial charge in [-0.05, 0) is 16.8 Å². The molecule has 5 heteroatoms. The third kappa shape index (κ3) is 1.98. The monoisotopic (exact) mass is 282 g/mol. The summed E-state index contributed by atoms with van der Waals surface area (Å²) in [6, 6.07) is 12.0. The molecular weight excluding hydrogens is 264 g/mol. The van der Waals surface area contributed by atoms with Gasteiger partial charge in [-0.15, -0.1) is 0 Å². The van der Waals surface area contributed by atoms with E-state index in [2.05, 4.69) is 11.1 Å². The second kappa shape index (κ2) is 5.01. The van der Waals surface area contributed by atoms with E-state index in [9.17, 15) is 0 Å². The second-order valence-electron chi connectivity index (χ2n) is 4.85. The number of nitrogens with zero attached hydrogens (tertiary/aromatic N) is 2. The summed E-state index contributed by atoms with van der Waals surface area (Å²) >= 11 is 0. The summed E-state index contributed by atoms with van der Waals surface area (Å²) in [6.45, 7) is 2.00. The fourth-order valence-electron chi connectivity index (χ4n) is 2.59. The Kier molecular flexibility index (Phi) is 3.17. The fraction of sp³-hybridized carbons (Fsp3) is 0.188. The van der Waals surface area contributed by atoms with E-state index < -0.39 is 0 Å². The number of nitrogen functional groups attached to an aromatic ring is 2. The maximum atomic E-state index is 6.15. The molecule has 108 valence electrons. The van der Waals surface area contributed by atoms with E-state index in [-0.39, 0.29) is 0 Å². The summed E-state index contributed by atoms with van der Waals surface area (Å²) in [6.07, 6.45) is 0.716. The Labute approximate surface area is 123 Å². The lowest BCUT2D eigenvalue weighted by atomic mass is 10.0. The van der Waals surface area contributed by atoms with Crippen LogP contribution in [0.4, 0.5) is 5.82 Å². The van der Waals surface area contributed by atoms with E-state index in [0.717, 1.165) is 27.9 Å². The van der Waals surface area contributed by atoms with Crippen molar-refractivity contribution in [3.63, 3.8) is 0 Å². The third-order valence-corrected chi connectivity index (χ3v) is 3.68. The van der Waals surface area contributed by atoms with E-state index in [0.29, 0.717) is 17.9 Å². The van der Waals surface area contributed by atoms with Crippen LogP contribution in [0.1, 0.15) is 12.7 Å². The number of benzene rings is 2. The van der Waals surface area contributed by atoms with Gasteiger partial charge in [-0.1, -0.05) is 37.3 Å². The Morgan fingerprint density at radius 2 is 1.95 bits per heavy atom. The molecule has 0 fully saturated rings. The molecule has 4 N–H and O–H groups in total. The van der Waals surface area contributed by atoms with Crippen LogP contribution < -0.4 is 16.3 Å². The highest BCUT2D eigenvalue weighted by Crippen LogP contribution is 2.38. The molecule has 1 heterocycles. The molecule has 3 aromatic rings. The maximum Gasteiger partial charge on any atom is 0.151 e. The van der Waals surface area contributed by atoms with E-state index in [4.69, 9.17) is 16.3 Å². The number of fused-ring (bicyclic) bond motifs is 1. The number of aromatic nitrogens is 2. The number of hydrogen-bond donors (Lipinski definition) is 2. The lowest BCUT2D eigenvalue weighted by Gasteiger charge is -2.11. The Morgan fingerprint density at radius 3 is 2.62 bits per heavy atom. The largest absolute Gasteiger partial charge is 0.496 e. The molecule has 0 saturated carbocycles. The Hall–Kier alpha value is -2.69. The van der Waals surface area contributed by atoms with Gasteiger partial charge in [0.25, 0.3) is 0 Å². The summed E-state index contributed by atoms with van der Waals surface area (Å²) in [7, 11) is 1.64. The van der Waals surface area contributed by atoms with Crippen LogP contribution >= 0.6 is 0 Å². The number of aryl methyl sites for hydroxylation is 1. The molecule has 0 atom stereocenters. The van der Waals surface area contributed by atoms with Crippen LogP contribution in [0.15, 0.2) is 36.4 Å². The Balaban J connectivity index is 2.38. The Morgan fingerprint density at radius 1 is 1.19 bits per heavy atom. The average molecular weight is 282 g/mol. The lowest BCUT2D eigenvalue weighted by Crippen LogP contribution is -2.14. The first-order valence-corrected chi connectivity index (χ1v) is 6.85. The van der Waals surface area contributed by atoms with Crippen molar-refractivity contribution in [3.8, 4) is 17.0 Å². The van der Waals surface area contributed by atoms with Gasteiger partial charge in [0.1, 0.15) is 17.3 Å². The molecule has 0 unspecified atom stereocenters. The summed E-state index contributed by atoms with van der Waals surface area (Å²) < 4.78 is 6.94. The van der Waals surface area contributed by atoms with Crippen molar-refractivity contribution in [2.45, 2.75) is 13.3 Å².